The fourth-order valence-corrected chi connectivity index (χ4v) is 2.07. The molecule has 0 radical (unpaired) electrons. The van der Waals surface area contributed by atoms with Gasteiger partial charge in [-0.1, -0.05) is 0 Å². The number of alkyl halides is 3. The first-order valence-corrected chi connectivity index (χ1v) is 5.75. The maximum Gasteiger partial charge on any atom is 0.416 e. The number of halogens is 3. The Morgan fingerprint density at radius 1 is 1.32 bits per heavy atom. The molecule has 0 spiro atoms. The van der Waals surface area contributed by atoms with E-state index in [9.17, 15) is 18.0 Å². The summed E-state index contributed by atoms with van der Waals surface area (Å²) in [6.45, 7) is 1.98. The molecule has 0 fully saturated rings. The molecule has 0 saturated carbocycles. The van der Waals surface area contributed by atoms with Crippen LogP contribution >= 0.6 is 0 Å². The van der Waals surface area contributed by atoms with E-state index in [1.807, 2.05) is 0 Å². The van der Waals surface area contributed by atoms with Gasteiger partial charge in [-0.3, -0.25) is 9.13 Å². The van der Waals surface area contributed by atoms with Gasteiger partial charge in [-0.25, -0.2) is 4.79 Å². The van der Waals surface area contributed by atoms with Crippen molar-refractivity contribution in [1.29, 1.82) is 0 Å². The third kappa shape index (κ3) is 2.14. The van der Waals surface area contributed by atoms with E-state index in [1.165, 1.54) is 22.2 Å². The van der Waals surface area contributed by atoms with E-state index >= 15 is 0 Å². The van der Waals surface area contributed by atoms with Crippen LogP contribution in [0, 0.1) is 0 Å². The Balaban J connectivity index is 2.77. The molecule has 19 heavy (non-hydrogen) atoms. The minimum atomic E-state index is -4.42. The molecule has 0 amide bonds. The quantitative estimate of drug-likeness (QED) is 0.908. The lowest BCUT2D eigenvalue weighted by molar-refractivity contribution is -0.137. The van der Waals surface area contributed by atoms with Crippen molar-refractivity contribution in [1.82, 2.24) is 9.13 Å². The minimum absolute atomic E-state index is 0.236. The zero-order valence-corrected chi connectivity index (χ0v) is 10.5. The Kier molecular flexibility index (Phi) is 3.17. The highest BCUT2D eigenvalue weighted by Gasteiger charge is 2.31. The molecule has 1 heterocycles. The second-order valence-corrected chi connectivity index (χ2v) is 4.50. The maximum atomic E-state index is 12.7. The Bertz CT molecular complexity index is 669. The van der Waals surface area contributed by atoms with Crippen LogP contribution < -0.4 is 11.4 Å². The number of imidazole rings is 1. The molecule has 2 rings (SSSR count). The van der Waals surface area contributed by atoms with Crippen molar-refractivity contribution in [3.63, 3.8) is 0 Å². The predicted octanol–water partition coefficient (Wildman–Crippen LogP) is 1.88. The highest BCUT2D eigenvalue weighted by Crippen LogP contribution is 2.31. The van der Waals surface area contributed by atoms with Gasteiger partial charge in [-0.15, -0.1) is 0 Å². The summed E-state index contributed by atoms with van der Waals surface area (Å²) in [6.07, 6.45) is -4.42. The van der Waals surface area contributed by atoms with Crippen LogP contribution in [-0.4, -0.2) is 15.7 Å². The molecule has 1 atom stereocenters. The number of hydrogen-bond donors (Lipinski definition) is 1. The maximum absolute atomic E-state index is 12.7. The second-order valence-electron chi connectivity index (χ2n) is 4.50. The van der Waals surface area contributed by atoms with Crippen LogP contribution in [0.2, 0.25) is 0 Å². The third-order valence-electron chi connectivity index (χ3n) is 3.20. The molecule has 0 saturated heterocycles. The smallest absolute Gasteiger partial charge is 0.328 e. The summed E-state index contributed by atoms with van der Waals surface area (Å²) in [5, 5.41) is 0. The zero-order chi connectivity index (χ0) is 14.4. The highest BCUT2D eigenvalue weighted by molar-refractivity contribution is 5.77. The largest absolute Gasteiger partial charge is 0.416 e. The highest BCUT2D eigenvalue weighted by atomic mass is 19.4. The molecule has 1 aromatic carbocycles. The van der Waals surface area contributed by atoms with Gasteiger partial charge < -0.3 is 5.73 Å². The van der Waals surface area contributed by atoms with Crippen LogP contribution in [0.15, 0.2) is 23.0 Å². The van der Waals surface area contributed by atoms with Crippen molar-refractivity contribution >= 4 is 11.0 Å². The van der Waals surface area contributed by atoms with Crippen LogP contribution in [0.1, 0.15) is 18.5 Å². The SMILES string of the molecule is CC(CN)n1c(=O)n(C)c2cc(C(F)(F)F)ccc21. The molecular weight excluding hydrogens is 259 g/mol. The van der Waals surface area contributed by atoms with E-state index in [1.54, 1.807) is 6.92 Å². The topological polar surface area (TPSA) is 52.9 Å². The van der Waals surface area contributed by atoms with Gasteiger partial charge >= 0.3 is 11.9 Å². The van der Waals surface area contributed by atoms with Gasteiger partial charge in [0, 0.05) is 19.6 Å². The van der Waals surface area contributed by atoms with Crippen molar-refractivity contribution in [2.75, 3.05) is 6.54 Å². The van der Waals surface area contributed by atoms with Crippen molar-refractivity contribution in [3.05, 3.63) is 34.2 Å². The van der Waals surface area contributed by atoms with E-state index in [0.29, 0.717) is 5.52 Å². The molecule has 0 bridgehead atoms. The summed E-state index contributed by atoms with van der Waals surface area (Å²) in [4.78, 5) is 12.0. The standard InChI is InChI=1S/C12H14F3N3O/c1-7(6-16)18-9-4-3-8(12(13,14)15)5-10(9)17(2)11(18)19/h3-5,7H,6,16H2,1-2H3. The number of benzene rings is 1. The number of nitrogens with two attached hydrogens (primary N) is 1. The first-order valence-electron chi connectivity index (χ1n) is 5.75. The van der Waals surface area contributed by atoms with Gasteiger partial charge in [0.1, 0.15) is 0 Å². The van der Waals surface area contributed by atoms with Gasteiger partial charge in [0.25, 0.3) is 0 Å². The third-order valence-corrected chi connectivity index (χ3v) is 3.20. The molecule has 0 aliphatic rings. The normalized spacial score (nSPS) is 14.0. The Labute approximate surface area is 107 Å². The number of fused-ring (bicyclic) bond motifs is 1. The van der Waals surface area contributed by atoms with Gasteiger partial charge in [0.05, 0.1) is 16.6 Å². The van der Waals surface area contributed by atoms with Crippen molar-refractivity contribution in [2.24, 2.45) is 12.8 Å². The number of aromatic nitrogens is 2. The van der Waals surface area contributed by atoms with Crippen LogP contribution in [0.4, 0.5) is 13.2 Å². The molecule has 104 valence electrons. The average Bonchev–Trinajstić information content (AvgIpc) is 2.60. The van der Waals surface area contributed by atoms with Crippen molar-refractivity contribution in [2.45, 2.75) is 19.1 Å². The Hall–Kier alpha value is -1.76. The molecule has 2 N–H and O–H groups in total. The first-order chi connectivity index (χ1) is 8.77. The van der Waals surface area contributed by atoms with E-state index in [2.05, 4.69) is 0 Å². The molecular formula is C12H14F3N3O. The second kappa shape index (κ2) is 4.41. The number of aryl methyl sites for hydroxylation is 1. The van der Waals surface area contributed by atoms with Crippen LogP contribution in [-0.2, 0) is 13.2 Å². The lowest BCUT2D eigenvalue weighted by atomic mass is 10.2. The summed E-state index contributed by atoms with van der Waals surface area (Å²) in [6, 6.07) is 3.00. The number of nitrogens with zero attached hydrogens (tertiary/aromatic N) is 2. The lowest BCUT2D eigenvalue weighted by Gasteiger charge is -2.11. The van der Waals surface area contributed by atoms with E-state index in [-0.39, 0.29) is 23.8 Å². The van der Waals surface area contributed by atoms with E-state index in [4.69, 9.17) is 5.73 Å². The van der Waals surface area contributed by atoms with Gasteiger partial charge in [0.2, 0.25) is 0 Å². The van der Waals surface area contributed by atoms with Gasteiger partial charge in [0.15, 0.2) is 0 Å². The molecule has 4 nitrogen and oxygen atoms in total. The van der Waals surface area contributed by atoms with Gasteiger partial charge in [-0.05, 0) is 25.1 Å². The van der Waals surface area contributed by atoms with Crippen LogP contribution in [0.25, 0.3) is 11.0 Å². The Morgan fingerprint density at radius 2 is 1.95 bits per heavy atom. The number of hydrogen-bond acceptors (Lipinski definition) is 2. The molecule has 0 aliphatic heterocycles. The van der Waals surface area contributed by atoms with Crippen LogP contribution in [0.3, 0.4) is 0 Å². The summed E-state index contributed by atoms with van der Waals surface area (Å²) < 4.78 is 40.6. The summed E-state index contributed by atoms with van der Waals surface area (Å²) in [7, 11) is 1.45. The predicted molar refractivity (Wildman–Crippen MR) is 65.9 cm³/mol. The first kappa shape index (κ1) is 13.7. The average molecular weight is 273 g/mol. The summed E-state index contributed by atoms with van der Waals surface area (Å²) in [5.41, 5.74) is 5.09. The van der Waals surface area contributed by atoms with E-state index < -0.39 is 11.7 Å². The molecule has 1 unspecified atom stereocenters. The minimum Gasteiger partial charge on any atom is -0.328 e. The zero-order valence-electron chi connectivity index (χ0n) is 10.5. The monoisotopic (exact) mass is 273 g/mol. The number of rotatable bonds is 2. The van der Waals surface area contributed by atoms with Gasteiger partial charge in [-0.2, -0.15) is 13.2 Å². The molecule has 0 aliphatic carbocycles. The Morgan fingerprint density at radius 3 is 2.47 bits per heavy atom. The lowest BCUT2D eigenvalue weighted by Crippen LogP contribution is -2.28. The van der Waals surface area contributed by atoms with Crippen molar-refractivity contribution < 1.29 is 13.2 Å². The van der Waals surface area contributed by atoms with Crippen molar-refractivity contribution in [3.8, 4) is 0 Å². The molecule has 7 heteroatoms. The molecule has 2 aromatic rings. The summed E-state index contributed by atoms with van der Waals surface area (Å²) >= 11 is 0. The summed E-state index contributed by atoms with van der Waals surface area (Å²) in [5.74, 6) is 0. The molecule has 1 aromatic heterocycles. The fraction of sp³-hybridized carbons (Fsp3) is 0.417. The fourth-order valence-electron chi connectivity index (χ4n) is 2.07. The van der Waals surface area contributed by atoms with Crippen LogP contribution in [0.5, 0.6) is 0 Å². The van der Waals surface area contributed by atoms with E-state index in [0.717, 1.165) is 12.1 Å².